The molecule has 0 radical (unpaired) electrons. The van der Waals surface area contributed by atoms with E-state index in [0.717, 1.165) is 32.7 Å². The lowest BCUT2D eigenvalue weighted by Crippen LogP contribution is -2.42. The molecule has 108 valence electrons. The molecule has 18 heavy (non-hydrogen) atoms. The second kappa shape index (κ2) is 9.76. The molecular formula is C15H32N2O. The molecule has 2 atom stereocenters. The van der Waals surface area contributed by atoms with E-state index in [0.29, 0.717) is 12.1 Å². The quantitative estimate of drug-likeness (QED) is 0.642. The van der Waals surface area contributed by atoms with Crippen molar-refractivity contribution in [3.63, 3.8) is 0 Å². The van der Waals surface area contributed by atoms with Gasteiger partial charge in [0.1, 0.15) is 0 Å². The van der Waals surface area contributed by atoms with Gasteiger partial charge in [-0.1, -0.05) is 20.3 Å². The summed E-state index contributed by atoms with van der Waals surface area (Å²) in [6.45, 7) is 12.3. The van der Waals surface area contributed by atoms with Crippen LogP contribution < -0.4 is 5.32 Å². The molecule has 1 aliphatic rings. The van der Waals surface area contributed by atoms with Crippen molar-refractivity contribution in [2.45, 2.75) is 65.0 Å². The molecule has 1 aliphatic heterocycles. The van der Waals surface area contributed by atoms with Gasteiger partial charge >= 0.3 is 0 Å². The number of hydrogen-bond donors (Lipinski definition) is 1. The highest BCUT2D eigenvalue weighted by atomic mass is 16.5. The highest BCUT2D eigenvalue weighted by molar-refractivity contribution is 4.70. The Balaban J connectivity index is 2.00. The Bertz CT molecular complexity index is 199. The molecule has 0 aromatic rings. The van der Waals surface area contributed by atoms with Crippen molar-refractivity contribution in [1.29, 1.82) is 0 Å². The summed E-state index contributed by atoms with van der Waals surface area (Å²) in [6, 6.07) is 0.679. The smallest absolute Gasteiger partial charge is 0.0700 e. The molecule has 1 N–H and O–H groups in total. The predicted molar refractivity (Wildman–Crippen MR) is 78.1 cm³/mol. The summed E-state index contributed by atoms with van der Waals surface area (Å²) in [5.41, 5.74) is 0. The average molecular weight is 256 g/mol. The molecule has 0 bridgehead atoms. The number of morpholine rings is 1. The van der Waals surface area contributed by atoms with E-state index in [2.05, 4.69) is 31.0 Å². The van der Waals surface area contributed by atoms with Crippen molar-refractivity contribution in [2.24, 2.45) is 0 Å². The topological polar surface area (TPSA) is 24.5 Å². The molecule has 0 amide bonds. The fraction of sp³-hybridized carbons (Fsp3) is 1.00. The highest BCUT2D eigenvalue weighted by Crippen LogP contribution is 2.10. The Hall–Kier alpha value is -0.120. The van der Waals surface area contributed by atoms with Crippen molar-refractivity contribution in [1.82, 2.24) is 10.2 Å². The fourth-order valence-electron chi connectivity index (χ4n) is 2.51. The lowest BCUT2D eigenvalue weighted by Gasteiger charge is -2.32. The summed E-state index contributed by atoms with van der Waals surface area (Å²) in [6.07, 6.45) is 6.83. The first-order valence-electron chi connectivity index (χ1n) is 7.83. The van der Waals surface area contributed by atoms with Crippen LogP contribution in [0.15, 0.2) is 0 Å². The minimum atomic E-state index is 0.476. The van der Waals surface area contributed by atoms with Crippen molar-refractivity contribution >= 4 is 0 Å². The molecule has 0 aromatic heterocycles. The lowest BCUT2D eigenvalue weighted by atomic mass is 10.1. The van der Waals surface area contributed by atoms with Crippen LogP contribution in [0.3, 0.4) is 0 Å². The Morgan fingerprint density at radius 2 is 2.17 bits per heavy atom. The number of rotatable bonds is 9. The lowest BCUT2D eigenvalue weighted by molar-refractivity contribution is -0.0300. The van der Waals surface area contributed by atoms with Crippen LogP contribution in [0.5, 0.6) is 0 Å². The summed E-state index contributed by atoms with van der Waals surface area (Å²) in [4.78, 5) is 2.57. The van der Waals surface area contributed by atoms with Crippen LogP contribution in [-0.4, -0.2) is 49.8 Å². The average Bonchev–Trinajstić information content (AvgIpc) is 2.41. The Morgan fingerprint density at radius 3 is 2.89 bits per heavy atom. The van der Waals surface area contributed by atoms with Crippen LogP contribution in [0.25, 0.3) is 0 Å². The Kier molecular flexibility index (Phi) is 8.64. The molecule has 0 spiro atoms. The monoisotopic (exact) mass is 256 g/mol. The summed E-state index contributed by atoms with van der Waals surface area (Å²) in [7, 11) is 0. The molecule has 0 saturated carbocycles. The van der Waals surface area contributed by atoms with Gasteiger partial charge in [0.25, 0.3) is 0 Å². The van der Waals surface area contributed by atoms with Gasteiger partial charge in [0.05, 0.1) is 12.7 Å². The van der Waals surface area contributed by atoms with Gasteiger partial charge in [0, 0.05) is 19.1 Å². The zero-order chi connectivity index (χ0) is 13.2. The molecule has 0 aromatic carbocycles. The summed E-state index contributed by atoms with van der Waals surface area (Å²) in [5.74, 6) is 0. The zero-order valence-corrected chi connectivity index (χ0v) is 12.6. The minimum absolute atomic E-state index is 0.476. The maximum atomic E-state index is 5.69. The molecule has 3 nitrogen and oxygen atoms in total. The van der Waals surface area contributed by atoms with E-state index in [1.165, 1.54) is 32.2 Å². The molecule has 1 heterocycles. The van der Waals surface area contributed by atoms with Crippen LogP contribution >= 0.6 is 0 Å². The third-order valence-corrected chi connectivity index (χ3v) is 3.78. The van der Waals surface area contributed by atoms with Crippen LogP contribution in [0.1, 0.15) is 52.9 Å². The third kappa shape index (κ3) is 6.72. The van der Waals surface area contributed by atoms with Gasteiger partial charge in [-0.15, -0.1) is 0 Å². The van der Waals surface area contributed by atoms with E-state index in [1.807, 2.05) is 0 Å². The first-order chi connectivity index (χ1) is 8.76. The standard InChI is InChI=1S/C15H32N2O/c1-4-9-16-14(3)8-6-7-10-17-11-12-18-15(5-2)13-17/h14-16H,4-13H2,1-3H3. The second-order valence-electron chi connectivity index (χ2n) is 5.55. The van der Waals surface area contributed by atoms with Crippen LogP contribution in [0.4, 0.5) is 0 Å². The van der Waals surface area contributed by atoms with Crippen LogP contribution in [0, 0.1) is 0 Å². The van der Waals surface area contributed by atoms with E-state index in [4.69, 9.17) is 4.74 Å². The first kappa shape index (κ1) is 15.9. The Morgan fingerprint density at radius 1 is 1.33 bits per heavy atom. The second-order valence-corrected chi connectivity index (χ2v) is 5.55. The zero-order valence-electron chi connectivity index (χ0n) is 12.6. The molecular weight excluding hydrogens is 224 g/mol. The third-order valence-electron chi connectivity index (χ3n) is 3.78. The van der Waals surface area contributed by atoms with Crippen LogP contribution in [0.2, 0.25) is 0 Å². The summed E-state index contributed by atoms with van der Waals surface area (Å²) >= 11 is 0. The van der Waals surface area contributed by atoms with Gasteiger partial charge < -0.3 is 10.1 Å². The van der Waals surface area contributed by atoms with Gasteiger partial charge in [-0.25, -0.2) is 0 Å². The van der Waals surface area contributed by atoms with Crippen molar-refractivity contribution in [3.05, 3.63) is 0 Å². The molecule has 0 aliphatic carbocycles. The summed E-state index contributed by atoms with van der Waals surface area (Å²) < 4.78 is 5.69. The van der Waals surface area contributed by atoms with Gasteiger partial charge in [-0.05, 0) is 45.7 Å². The Labute approximate surface area is 113 Å². The van der Waals surface area contributed by atoms with Crippen LogP contribution in [-0.2, 0) is 4.74 Å². The predicted octanol–water partition coefficient (Wildman–Crippen LogP) is 2.66. The number of ether oxygens (including phenoxy) is 1. The van der Waals surface area contributed by atoms with Crippen molar-refractivity contribution in [3.8, 4) is 0 Å². The van der Waals surface area contributed by atoms with E-state index in [-0.39, 0.29) is 0 Å². The van der Waals surface area contributed by atoms with E-state index in [1.54, 1.807) is 0 Å². The molecule has 1 saturated heterocycles. The van der Waals surface area contributed by atoms with Gasteiger partial charge in [0.15, 0.2) is 0 Å². The SMILES string of the molecule is CCCNC(C)CCCCN1CCOC(CC)C1. The molecule has 1 rings (SSSR count). The highest BCUT2D eigenvalue weighted by Gasteiger charge is 2.17. The van der Waals surface area contributed by atoms with Gasteiger partial charge in [-0.3, -0.25) is 4.90 Å². The molecule has 2 unspecified atom stereocenters. The van der Waals surface area contributed by atoms with Crippen molar-refractivity contribution < 1.29 is 4.74 Å². The molecule has 3 heteroatoms. The van der Waals surface area contributed by atoms with E-state index in [9.17, 15) is 0 Å². The maximum absolute atomic E-state index is 5.69. The first-order valence-corrected chi connectivity index (χ1v) is 7.83. The number of unbranched alkanes of at least 4 members (excludes halogenated alkanes) is 1. The maximum Gasteiger partial charge on any atom is 0.0700 e. The number of nitrogens with zero attached hydrogens (tertiary/aromatic N) is 1. The van der Waals surface area contributed by atoms with Crippen molar-refractivity contribution in [2.75, 3.05) is 32.8 Å². The van der Waals surface area contributed by atoms with Gasteiger partial charge in [0.2, 0.25) is 0 Å². The summed E-state index contributed by atoms with van der Waals surface area (Å²) in [5, 5.41) is 3.55. The van der Waals surface area contributed by atoms with E-state index < -0.39 is 0 Å². The number of nitrogens with one attached hydrogen (secondary N) is 1. The van der Waals surface area contributed by atoms with E-state index >= 15 is 0 Å². The molecule has 1 fully saturated rings. The largest absolute Gasteiger partial charge is 0.376 e. The van der Waals surface area contributed by atoms with Gasteiger partial charge in [-0.2, -0.15) is 0 Å². The fourth-order valence-corrected chi connectivity index (χ4v) is 2.51. The normalized spacial score (nSPS) is 23.2. The number of hydrogen-bond acceptors (Lipinski definition) is 3. The minimum Gasteiger partial charge on any atom is -0.376 e.